The van der Waals surface area contributed by atoms with Crippen molar-refractivity contribution in [3.05, 3.63) is 56.2 Å². The van der Waals surface area contributed by atoms with Crippen LogP contribution in [0.15, 0.2) is 30.3 Å². The van der Waals surface area contributed by atoms with Gasteiger partial charge >= 0.3 is 0 Å². The van der Waals surface area contributed by atoms with Crippen LogP contribution in [0.1, 0.15) is 47.2 Å². The predicted octanol–water partition coefficient (Wildman–Crippen LogP) is 5.56. The van der Waals surface area contributed by atoms with Crippen molar-refractivity contribution < 1.29 is 0 Å². The summed E-state index contributed by atoms with van der Waals surface area (Å²) >= 11 is 8.32. The third-order valence-corrected chi connectivity index (χ3v) is 5.34. The molecule has 1 unspecified atom stereocenters. The Hall–Kier alpha value is -0.830. The van der Waals surface area contributed by atoms with E-state index in [1.54, 1.807) is 0 Å². The first-order chi connectivity index (χ1) is 10.1. The molecule has 3 heteroatoms. The topological polar surface area (TPSA) is 12.0 Å². The second-order valence-electron chi connectivity index (χ2n) is 5.46. The zero-order valence-electron chi connectivity index (χ0n) is 13.1. The molecule has 0 aliphatic rings. The third kappa shape index (κ3) is 4.57. The summed E-state index contributed by atoms with van der Waals surface area (Å²) in [5, 5.41) is 4.55. The van der Waals surface area contributed by atoms with Crippen LogP contribution in [0.3, 0.4) is 0 Å². The van der Waals surface area contributed by atoms with Gasteiger partial charge in [-0.3, -0.25) is 0 Å². The summed E-state index contributed by atoms with van der Waals surface area (Å²) in [5.41, 5.74) is 2.44. The molecule has 21 heavy (non-hydrogen) atoms. The van der Waals surface area contributed by atoms with Crippen LogP contribution < -0.4 is 5.32 Å². The summed E-state index contributed by atoms with van der Waals surface area (Å²) in [6.07, 6.45) is 3.20. The zero-order valence-corrected chi connectivity index (χ0v) is 14.7. The quantitative estimate of drug-likeness (QED) is 0.704. The number of hydrogen-bond acceptors (Lipinski definition) is 2. The van der Waals surface area contributed by atoms with Crippen LogP contribution in [0.2, 0.25) is 5.02 Å². The Labute approximate surface area is 137 Å². The molecular weight excluding hydrogens is 298 g/mol. The summed E-state index contributed by atoms with van der Waals surface area (Å²) in [6.45, 7) is 7.53. The van der Waals surface area contributed by atoms with Crippen LogP contribution in [-0.2, 0) is 12.8 Å². The highest BCUT2D eigenvalue weighted by molar-refractivity contribution is 7.12. The van der Waals surface area contributed by atoms with Gasteiger partial charge in [-0.25, -0.2) is 0 Å². The molecule has 0 aliphatic heterocycles. The third-order valence-electron chi connectivity index (χ3n) is 3.65. The van der Waals surface area contributed by atoms with E-state index in [4.69, 9.17) is 11.6 Å². The van der Waals surface area contributed by atoms with Crippen LogP contribution in [0.5, 0.6) is 0 Å². The average Bonchev–Trinajstić information content (AvgIpc) is 2.94. The first kappa shape index (κ1) is 16.5. The van der Waals surface area contributed by atoms with Gasteiger partial charge in [-0.1, -0.05) is 37.6 Å². The minimum absolute atomic E-state index is 0.357. The predicted molar refractivity (Wildman–Crippen MR) is 94.6 cm³/mol. The van der Waals surface area contributed by atoms with E-state index in [-0.39, 0.29) is 0 Å². The van der Waals surface area contributed by atoms with Gasteiger partial charge in [-0.05, 0) is 62.1 Å². The molecular formula is C18H24ClNS. The average molecular weight is 322 g/mol. The lowest BCUT2D eigenvalue weighted by Gasteiger charge is -2.18. The fourth-order valence-electron chi connectivity index (χ4n) is 2.40. The van der Waals surface area contributed by atoms with Crippen LogP contribution in [0, 0.1) is 6.92 Å². The molecule has 2 rings (SSSR count). The molecule has 1 N–H and O–H groups in total. The Morgan fingerprint density at radius 3 is 2.62 bits per heavy atom. The largest absolute Gasteiger partial charge is 0.309 e. The normalized spacial score (nSPS) is 12.6. The number of thiophene rings is 1. The second kappa shape index (κ2) is 7.98. The lowest BCUT2D eigenvalue weighted by Crippen LogP contribution is -2.23. The molecule has 0 saturated heterocycles. The molecule has 114 valence electrons. The van der Waals surface area contributed by atoms with E-state index in [0.29, 0.717) is 6.04 Å². The van der Waals surface area contributed by atoms with E-state index in [1.807, 2.05) is 11.3 Å². The smallest absolute Gasteiger partial charge is 0.0456 e. The van der Waals surface area contributed by atoms with Crippen molar-refractivity contribution in [3.8, 4) is 0 Å². The van der Waals surface area contributed by atoms with Crippen LogP contribution >= 0.6 is 22.9 Å². The van der Waals surface area contributed by atoms with Crippen molar-refractivity contribution in [3.63, 3.8) is 0 Å². The summed E-state index contributed by atoms with van der Waals surface area (Å²) in [5.74, 6) is 0. The van der Waals surface area contributed by atoms with Crippen LogP contribution in [-0.4, -0.2) is 6.54 Å². The summed E-state index contributed by atoms with van der Waals surface area (Å²) in [7, 11) is 0. The first-order valence-corrected chi connectivity index (χ1v) is 8.90. The van der Waals surface area contributed by atoms with Gasteiger partial charge in [0.2, 0.25) is 0 Å². The maximum Gasteiger partial charge on any atom is 0.0456 e. The molecule has 1 nitrogen and oxygen atoms in total. The molecule has 1 aromatic carbocycles. The fourth-order valence-corrected chi connectivity index (χ4v) is 3.74. The van der Waals surface area contributed by atoms with Crippen molar-refractivity contribution in [1.82, 2.24) is 5.32 Å². The Morgan fingerprint density at radius 1 is 1.19 bits per heavy atom. The van der Waals surface area contributed by atoms with Gasteiger partial charge in [-0.2, -0.15) is 0 Å². The highest BCUT2D eigenvalue weighted by Crippen LogP contribution is 2.29. The first-order valence-electron chi connectivity index (χ1n) is 7.71. The molecule has 1 aromatic heterocycles. The van der Waals surface area contributed by atoms with Gasteiger partial charge in [0.25, 0.3) is 0 Å². The van der Waals surface area contributed by atoms with Gasteiger partial charge in [0, 0.05) is 20.8 Å². The molecule has 0 radical (unpaired) electrons. The summed E-state index contributed by atoms with van der Waals surface area (Å²) in [4.78, 5) is 2.86. The van der Waals surface area contributed by atoms with Crippen LogP contribution in [0.25, 0.3) is 0 Å². The van der Waals surface area contributed by atoms with E-state index in [1.165, 1.54) is 20.9 Å². The van der Waals surface area contributed by atoms with Gasteiger partial charge in [0.1, 0.15) is 0 Å². The highest BCUT2D eigenvalue weighted by atomic mass is 35.5. The van der Waals surface area contributed by atoms with E-state index in [9.17, 15) is 0 Å². The second-order valence-corrected chi connectivity index (χ2v) is 7.07. The molecule has 2 aromatic rings. The van der Waals surface area contributed by atoms with Crippen molar-refractivity contribution in [2.24, 2.45) is 0 Å². The maximum atomic E-state index is 6.40. The highest BCUT2D eigenvalue weighted by Gasteiger charge is 2.15. The van der Waals surface area contributed by atoms with Gasteiger partial charge in [-0.15, -0.1) is 11.3 Å². The zero-order chi connectivity index (χ0) is 15.2. The number of aryl methyl sites for hydroxylation is 2. The van der Waals surface area contributed by atoms with Crippen molar-refractivity contribution in [2.75, 3.05) is 6.54 Å². The molecule has 0 aliphatic carbocycles. The number of halogens is 1. The Balaban J connectivity index is 2.19. The number of hydrogen-bond donors (Lipinski definition) is 1. The van der Waals surface area contributed by atoms with E-state index < -0.39 is 0 Å². The van der Waals surface area contributed by atoms with E-state index in [0.717, 1.165) is 30.8 Å². The lowest BCUT2D eigenvalue weighted by molar-refractivity contribution is 0.536. The molecule has 0 saturated carbocycles. The standard InChI is InChI=1S/C18H24ClNS/c1-4-10-20-17(18-9-8-15(5-2)21-18)12-14-7-6-13(3)11-16(14)19/h6-9,11,17,20H,4-5,10,12H2,1-3H3. The van der Waals surface area contributed by atoms with Crippen molar-refractivity contribution in [1.29, 1.82) is 0 Å². The fraction of sp³-hybridized carbons (Fsp3) is 0.444. The Morgan fingerprint density at radius 2 is 2.00 bits per heavy atom. The van der Waals surface area contributed by atoms with E-state index >= 15 is 0 Å². The Bertz CT molecular complexity index is 576. The van der Waals surface area contributed by atoms with Gasteiger partial charge < -0.3 is 5.32 Å². The maximum absolute atomic E-state index is 6.40. The number of rotatable bonds is 7. The molecule has 0 fully saturated rings. The Kier molecular flexibility index (Phi) is 6.28. The number of benzene rings is 1. The molecule has 0 amide bonds. The SMILES string of the molecule is CCCNC(Cc1ccc(C)cc1Cl)c1ccc(CC)s1. The minimum Gasteiger partial charge on any atom is -0.309 e. The lowest BCUT2D eigenvalue weighted by atomic mass is 10.0. The molecule has 0 bridgehead atoms. The number of nitrogens with one attached hydrogen (secondary N) is 1. The molecule has 1 heterocycles. The summed E-state index contributed by atoms with van der Waals surface area (Å²) in [6, 6.07) is 11.2. The van der Waals surface area contributed by atoms with Gasteiger partial charge in [0.05, 0.1) is 0 Å². The van der Waals surface area contributed by atoms with E-state index in [2.05, 4.69) is 56.4 Å². The van der Waals surface area contributed by atoms with Gasteiger partial charge in [0.15, 0.2) is 0 Å². The van der Waals surface area contributed by atoms with Crippen molar-refractivity contribution in [2.45, 2.75) is 46.1 Å². The minimum atomic E-state index is 0.357. The molecule has 1 atom stereocenters. The van der Waals surface area contributed by atoms with Crippen LogP contribution in [0.4, 0.5) is 0 Å². The monoisotopic (exact) mass is 321 g/mol. The molecule has 0 spiro atoms. The summed E-state index contributed by atoms with van der Waals surface area (Å²) < 4.78 is 0. The van der Waals surface area contributed by atoms with Crippen molar-refractivity contribution >= 4 is 22.9 Å².